The van der Waals surface area contributed by atoms with Crippen LogP contribution in [-0.2, 0) is 38.5 Å². The van der Waals surface area contributed by atoms with Crippen molar-refractivity contribution < 1.29 is 39.5 Å². The molecule has 121 heavy (non-hydrogen) atoms. The van der Waals surface area contributed by atoms with Crippen molar-refractivity contribution in [2.75, 3.05) is 0 Å². The molecular formula is C86H45F9N26. The van der Waals surface area contributed by atoms with Crippen LogP contribution in [0.4, 0.5) is 39.5 Å². The molecule has 0 unspecified atom stereocenters. The van der Waals surface area contributed by atoms with Crippen molar-refractivity contribution in [2.24, 2.45) is 0 Å². The number of alkyl halides is 9. The summed E-state index contributed by atoms with van der Waals surface area (Å²) in [4.78, 5) is 79.7. The van der Waals surface area contributed by atoms with E-state index in [1.807, 2.05) is 0 Å². The van der Waals surface area contributed by atoms with Crippen LogP contribution in [0.2, 0.25) is 0 Å². The number of fused-ring (bicyclic) bond motifs is 6. The van der Waals surface area contributed by atoms with Gasteiger partial charge in [-0.05, 0) is 179 Å². The maximum Gasteiger partial charge on any atom is 0.523 e. The van der Waals surface area contributed by atoms with Crippen molar-refractivity contribution in [3.8, 4) is 104 Å². The van der Waals surface area contributed by atoms with E-state index in [4.69, 9.17) is 39.4 Å². The standard InChI is InChI=1S/C30H19F3N10.2C28H13F3N8/c1-12-18(27(36-6)37-7)8-20-22(12)24(28-40-13(2)38-14(3)41-28)21-9-19(17(10-34)11-35)26(30(31,32)33)23(21)25(20)29-42-15(4)39-16(5)43-29;1-14-18(27(34-2)35-3)4-20-22(14)23(16-8-36-12-37-9-16)21-5-19(15(6-32)7-33)26(28(29,30)31)25(21)24(20)17-10-38-13-39-11-17;1-14-16(25(34-2)35-3)10-18-20(14)22(26-36-6-4-7-37-26)19-11-17(15(12-32)13-33)24(28(29,30)31)21(19)23(18)27-38-8-5-9-39-27/h8-9H2,1-5H3;8-13H,4-5H2,1H3;4-9H,10-11H2,1H3. The number of allylic oxidation sites excluding steroid dienone is 9. The lowest BCUT2D eigenvalue weighted by atomic mass is 9.88. The van der Waals surface area contributed by atoms with E-state index < -0.39 is 75.1 Å². The Labute approximate surface area is 679 Å². The van der Waals surface area contributed by atoms with Crippen LogP contribution in [0, 0.1) is 135 Å². The molecule has 9 aromatic rings. The molecule has 3 aromatic carbocycles. The third-order valence-corrected chi connectivity index (χ3v) is 20.7. The van der Waals surface area contributed by atoms with Crippen molar-refractivity contribution in [1.82, 2.24) is 69.8 Å². The normalized spacial score (nSPS) is 13.6. The molecule has 35 heteroatoms. The molecule has 0 spiro atoms. The lowest BCUT2D eigenvalue weighted by molar-refractivity contribution is -0.0704. The molecule has 26 nitrogen and oxygen atoms in total. The number of rotatable bonds is 6. The molecular weight excluding hydrogens is 1570 g/mol. The Kier molecular flexibility index (Phi) is 21.6. The summed E-state index contributed by atoms with van der Waals surface area (Å²) >= 11 is 0. The summed E-state index contributed by atoms with van der Waals surface area (Å²) in [6, 6.07) is 12.8. The molecule has 0 amide bonds. The number of hydrogen-bond donors (Lipinski definition) is 0. The Morgan fingerprint density at radius 2 is 0.537 bits per heavy atom. The zero-order valence-electron chi connectivity index (χ0n) is 63.7. The summed E-state index contributed by atoms with van der Waals surface area (Å²) in [6.45, 7) is 56.7. The van der Waals surface area contributed by atoms with Crippen molar-refractivity contribution in [2.45, 2.75) is 106 Å². The van der Waals surface area contributed by atoms with Crippen LogP contribution < -0.4 is 31.3 Å². The monoisotopic (exact) mass is 1610 g/mol. The van der Waals surface area contributed by atoms with Gasteiger partial charge < -0.3 is 0 Å². The summed E-state index contributed by atoms with van der Waals surface area (Å²) in [5, 5.41) is 58.4. The SMILES string of the molecule is [C-]#[N+]C([N+]#[C-])=C1Cc2c(-c3cncnc3)c3c(c(-c4cncnc4)c2=C1C)CC(=C(C#N)C#N)C=3C(F)(F)F.[C-]#[N+]C([N+]#[C-])=C1Cc2c(-c3nc(C)nc(C)n3)c3c(c(-c4nc(C)nc(C)n4)c2=C1C)CC(=C(C#N)C#N)C=3C(F)(F)F.[C-]#[N+]C([N+]#[C-])=C1Cc2c(-c3ncccn3)c3c(c(-c4ncccn4)c2=C1C)CC(=C(C#N)C#N)C=3C(F)(F)F. The van der Waals surface area contributed by atoms with Crippen LogP contribution >= 0.6 is 0 Å². The van der Waals surface area contributed by atoms with Gasteiger partial charge in [-0.2, -0.15) is 100 Å². The van der Waals surface area contributed by atoms with E-state index in [-0.39, 0.29) is 145 Å². The first-order chi connectivity index (χ1) is 57.9. The van der Waals surface area contributed by atoms with Crippen LogP contribution in [0.25, 0.3) is 130 Å². The average molecular weight is 1610 g/mol. The van der Waals surface area contributed by atoms with Gasteiger partial charge in [-0.25, -0.2) is 69.8 Å². The molecule has 15 rings (SSSR count). The highest BCUT2D eigenvalue weighted by molar-refractivity contribution is 5.96. The van der Waals surface area contributed by atoms with E-state index in [1.165, 1.54) is 68.3 Å². The van der Waals surface area contributed by atoms with Gasteiger partial charge in [-0.15, -0.1) is 0 Å². The van der Waals surface area contributed by atoms with E-state index in [2.05, 4.69) is 98.8 Å². The molecule has 6 aliphatic rings. The molecule has 0 N–H and O–H groups in total. The molecule has 0 aliphatic heterocycles. The second-order valence-corrected chi connectivity index (χ2v) is 27.1. The molecule has 0 saturated carbocycles. The third kappa shape index (κ3) is 14.1. The predicted octanol–water partition coefficient (Wildman–Crippen LogP) is 12.0. The number of halogens is 9. The van der Waals surface area contributed by atoms with Crippen LogP contribution in [0.1, 0.15) is 77.4 Å². The van der Waals surface area contributed by atoms with Gasteiger partial charge in [0.1, 0.15) is 129 Å². The Morgan fingerprint density at radius 1 is 0.314 bits per heavy atom. The van der Waals surface area contributed by atoms with Crippen LogP contribution in [0.15, 0.2) is 142 Å². The molecule has 0 fully saturated rings. The van der Waals surface area contributed by atoms with Crippen LogP contribution in [-0.4, -0.2) is 88.3 Å². The minimum atomic E-state index is -4.99. The Bertz CT molecular complexity index is 6990. The second kappa shape index (κ2) is 31.9. The molecule has 6 aliphatic carbocycles. The molecule has 0 bridgehead atoms. The fraction of sp³-hybridized carbons (Fsp3) is 0.186. The fourth-order valence-corrected chi connectivity index (χ4v) is 16.4. The first-order valence-corrected chi connectivity index (χ1v) is 35.4. The van der Waals surface area contributed by atoms with E-state index in [0.717, 1.165) is 0 Å². The van der Waals surface area contributed by atoms with Gasteiger partial charge in [0.25, 0.3) is 0 Å². The predicted molar refractivity (Wildman–Crippen MR) is 411 cm³/mol. The van der Waals surface area contributed by atoms with Gasteiger partial charge in [0.15, 0.2) is 23.3 Å². The molecule has 6 heterocycles. The quantitative estimate of drug-likeness (QED) is 0.0847. The zero-order chi connectivity index (χ0) is 87.2. The minimum Gasteiger partial charge on any atom is -0.244 e. The fourth-order valence-electron chi connectivity index (χ4n) is 16.4. The maximum atomic E-state index is 15.1. The summed E-state index contributed by atoms with van der Waals surface area (Å²) < 4.78 is 134. The summed E-state index contributed by atoms with van der Waals surface area (Å²) in [5.41, 5.74) is -0.227. The average Bonchev–Trinajstić information content (AvgIpc) is 1.56. The van der Waals surface area contributed by atoms with Gasteiger partial charge in [0.05, 0.1) is 33.4 Å². The lowest BCUT2D eigenvalue weighted by Crippen LogP contribution is -2.28. The smallest absolute Gasteiger partial charge is 0.244 e. The molecule has 0 saturated heterocycles. The van der Waals surface area contributed by atoms with Crippen molar-refractivity contribution in [3.05, 3.63) is 298 Å². The number of aryl methyl sites for hydroxylation is 4. The Hall–Kier alpha value is -17.1. The number of aromatic nitrogens is 14. The van der Waals surface area contributed by atoms with Gasteiger partial charge >= 0.3 is 36.0 Å². The number of benzene rings is 3. The van der Waals surface area contributed by atoms with Crippen molar-refractivity contribution >= 4 is 33.4 Å². The number of nitriles is 6. The highest BCUT2D eigenvalue weighted by Gasteiger charge is 2.49. The second-order valence-electron chi connectivity index (χ2n) is 27.1. The van der Waals surface area contributed by atoms with Gasteiger partial charge in [0.2, 0.25) is 0 Å². The minimum absolute atomic E-state index is 0.00483. The van der Waals surface area contributed by atoms with Gasteiger partial charge in [-0.3, -0.25) is 0 Å². The summed E-state index contributed by atoms with van der Waals surface area (Å²) in [5.74, 6) is 0.818. The van der Waals surface area contributed by atoms with Crippen LogP contribution in [0.3, 0.4) is 0 Å². The van der Waals surface area contributed by atoms with E-state index in [0.29, 0.717) is 94.1 Å². The maximum absolute atomic E-state index is 15.1. The summed E-state index contributed by atoms with van der Waals surface area (Å²) in [6.07, 6.45) is -2.09. The highest BCUT2D eigenvalue weighted by Crippen LogP contribution is 2.48. The van der Waals surface area contributed by atoms with Crippen molar-refractivity contribution in [3.63, 3.8) is 0 Å². The largest absolute Gasteiger partial charge is 0.523 e. The zero-order valence-corrected chi connectivity index (χ0v) is 63.7. The highest BCUT2D eigenvalue weighted by atomic mass is 19.4. The lowest BCUT2D eigenvalue weighted by Gasteiger charge is -2.16. The van der Waals surface area contributed by atoms with Crippen molar-refractivity contribution in [1.29, 1.82) is 31.6 Å². The number of nitrogens with zero attached hydrogens (tertiary/aromatic N) is 26. The van der Waals surface area contributed by atoms with Crippen LogP contribution in [0.5, 0.6) is 0 Å². The first-order valence-electron chi connectivity index (χ1n) is 35.4. The molecule has 6 aromatic heterocycles. The molecule has 0 radical (unpaired) electrons. The van der Waals surface area contributed by atoms with E-state index in [9.17, 15) is 57.9 Å². The topological polar surface area (TPSA) is 349 Å². The van der Waals surface area contributed by atoms with Gasteiger partial charge in [0, 0.05) is 113 Å². The molecule has 582 valence electrons. The van der Waals surface area contributed by atoms with E-state index >= 15 is 13.2 Å². The van der Waals surface area contributed by atoms with E-state index in [1.54, 1.807) is 90.9 Å². The van der Waals surface area contributed by atoms with Gasteiger partial charge in [-0.1, -0.05) is 0 Å². The number of hydrogen-bond acceptors (Lipinski definition) is 20. The first kappa shape index (κ1) is 81.9. The third-order valence-electron chi connectivity index (χ3n) is 20.7. The molecule has 0 atom stereocenters. The summed E-state index contributed by atoms with van der Waals surface area (Å²) in [7, 11) is 0. The Balaban J connectivity index is 0.000000157. The Morgan fingerprint density at radius 3 is 0.818 bits per heavy atom.